The summed E-state index contributed by atoms with van der Waals surface area (Å²) in [6.07, 6.45) is 3.43. The molecule has 24 heavy (non-hydrogen) atoms. The number of amides is 2. The number of nitrogens with zero attached hydrogens (tertiary/aromatic N) is 1. The minimum atomic E-state index is -0.130. The van der Waals surface area contributed by atoms with Crippen LogP contribution in [0.1, 0.15) is 32.6 Å². The summed E-state index contributed by atoms with van der Waals surface area (Å²) in [6.45, 7) is 2.39. The normalized spacial score (nSPS) is 15.3. The van der Waals surface area contributed by atoms with Crippen molar-refractivity contribution in [3.05, 3.63) is 24.3 Å². The maximum absolute atomic E-state index is 12.2. The Labute approximate surface area is 142 Å². The summed E-state index contributed by atoms with van der Waals surface area (Å²) < 4.78 is 5.54. The number of nitrogens with one attached hydrogen (secondary N) is 1. The van der Waals surface area contributed by atoms with Crippen molar-refractivity contribution in [3.8, 4) is 5.75 Å². The number of carbonyl (C=O) groups is 2. The summed E-state index contributed by atoms with van der Waals surface area (Å²) in [7, 11) is 1.74. The average molecular weight is 334 g/mol. The number of rotatable bonds is 8. The van der Waals surface area contributed by atoms with Gasteiger partial charge in [-0.1, -0.05) is 19.4 Å². The number of anilines is 1. The van der Waals surface area contributed by atoms with E-state index >= 15 is 0 Å². The molecule has 1 fully saturated rings. The van der Waals surface area contributed by atoms with Gasteiger partial charge in [-0.2, -0.15) is 0 Å². The third-order valence-corrected chi connectivity index (χ3v) is 4.55. The number of hydrogen-bond acceptors (Lipinski definition) is 4. The fourth-order valence-corrected chi connectivity index (χ4v) is 2.80. The van der Waals surface area contributed by atoms with E-state index in [0.29, 0.717) is 24.4 Å². The molecule has 1 aromatic carbocycles. The molecule has 0 saturated heterocycles. The largest absolute Gasteiger partial charge is 0.484 e. The first kappa shape index (κ1) is 18.3. The summed E-state index contributed by atoms with van der Waals surface area (Å²) >= 11 is 0. The van der Waals surface area contributed by atoms with Crippen LogP contribution in [0.3, 0.4) is 0 Å². The van der Waals surface area contributed by atoms with Gasteiger partial charge in [0, 0.05) is 37.2 Å². The third-order valence-electron chi connectivity index (χ3n) is 4.55. The third kappa shape index (κ3) is 4.71. The highest BCUT2D eigenvalue weighted by Crippen LogP contribution is 2.40. The Morgan fingerprint density at radius 2 is 2.12 bits per heavy atom. The summed E-state index contributed by atoms with van der Waals surface area (Å²) in [6, 6.07) is 6.98. The van der Waals surface area contributed by atoms with Crippen molar-refractivity contribution < 1.29 is 19.4 Å². The standard InChI is InChI=1S/C18H26N2O4/c1-3-16(22)19-14-6-4-7-15(10-14)24-11-17(23)20(2)12-18(13-21)8-5-9-18/h4,6-7,10,21H,3,5,8-9,11-13H2,1-2H3,(H,19,22). The first-order valence-electron chi connectivity index (χ1n) is 8.35. The van der Waals surface area contributed by atoms with Crippen LogP contribution in [-0.2, 0) is 9.59 Å². The van der Waals surface area contributed by atoms with Crippen LogP contribution in [0.4, 0.5) is 5.69 Å². The zero-order chi connectivity index (χ0) is 17.6. The van der Waals surface area contributed by atoms with Gasteiger partial charge in [-0.3, -0.25) is 9.59 Å². The van der Waals surface area contributed by atoms with Crippen molar-refractivity contribution in [2.75, 3.05) is 32.1 Å². The van der Waals surface area contributed by atoms with Gasteiger partial charge in [0.15, 0.2) is 6.61 Å². The smallest absolute Gasteiger partial charge is 0.260 e. The lowest BCUT2D eigenvalue weighted by Crippen LogP contribution is -2.46. The predicted molar refractivity (Wildman–Crippen MR) is 91.9 cm³/mol. The summed E-state index contributed by atoms with van der Waals surface area (Å²) in [5.74, 6) is 0.335. The van der Waals surface area contributed by atoms with Gasteiger partial charge in [0.05, 0.1) is 6.61 Å². The highest BCUT2D eigenvalue weighted by atomic mass is 16.5. The van der Waals surface area contributed by atoms with Gasteiger partial charge in [0.25, 0.3) is 5.91 Å². The Morgan fingerprint density at radius 1 is 1.38 bits per heavy atom. The lowest BCUT2D eigenvalue weighted by Gasteiger charge is -2.42. The van der Waals surface area contributed by atoms with Crippen LogP contribution < -0.4 is 10.1 Å². The molecule has 1 aliphatic rings. The van der Waals surface area contributed by atoms with Crippen LogP contribution in [0.2, 0.25) is 0 Å². The second-order valence-electron chi connectivity index (χ2n) is 6.48. The highest BCUT2D eigenvalue weighted by Gasteiger charge is 2.38. The molecule has 0 unspecified atom stereocenters. The van der Waals surface area contributed by atoms with E-state index in [1.54, 1.807) is 43.1 Å². The summed E-state index contributed by atoms with van der Waals surface area (Å²) in [5.41, 5.74) is 0.517. The Kier molecular flexibility index (Phi) is 6.20. The van der Waals surface area contributed by atoms with Gasteiger partial charge in [0.1, 0.15) is 5.75 Å². The van der Waals surface area contributed by atoms with Crippen molar-refractivity contribution in [2.24, 2.45) is 5.41 Å². The second kappa shape index (κ2) is 8.15. The van der Waals surface area contributed by atoms with Gasteiger partial charge < -0.3 is 20.1 Å². The first-order valence-corrected chi connectivity index (χ1v) is 8.35. The van der Waals surface area contributed by atoms with E-state index in [1.807, 2.05) is 0 Å². The molecule has 0 bridgehead atoms. The number of hydrogen-bond donors (Lipinski definition) is 2. The molecule has 132 valence electrons. The van der Waals surface area contributed by atoms with Crippen LogP contribution in [0, 0.1) is 5.41 Å². The molecular weight excluding hydrogens is 308 g/mol. The number of likely N-dealkylation sites (N-methyl/N-ethyl adjacent to an activating group) is 1. The van der Waals surface area contributed by atoms with E-state index in [-0.39, 0.29) is 30.4 Å². The fraction of sp³-hybridized carbons (Fsp3) is 0.556. The number of aliphatic hydroxyl groups is 1. The van der Waals surface area contributed by atoms with E-state index in [0.717, 1.165) is 19.3 Å². The fourth-order valence-electron chi connectivity index (χ4n) is 2.80. The monoisotopic (exact) mass is 334 g/mol. The Bertz CT molecular complexity index is 579. The maximum atomic E-state index is 12.2. The average Bonchev–Trinajstić information content (AvgIpc) is 2.56. The van der Waals surface area contributed by atoms with E-state index in [1.165, 1.54) is 0 Å². The lowest BCUT2D eigenvalue weighted by atomic mass is 9.69. The van der Waals surface area contributed by atoms with Crippen LogP contribution in [0.25, 0.3) is 0 Å². The zero-order valence-electron chi connectivity index (χ0n) is 14.4. The Balaban J connectivity index is 1.84. The van der Waals surface area contributed by atoms with Crippen LogP contribution >= 0.6 is 0 Å². The Hall–Kier alpha value is -2.08. The van der Waals surface area contributed by atoms with Gasteiger partial charge >= 0.3 is 0 Å². The van der Waals surface area contributed by atoms with E-state index in [9.17, 15) is 14.7 Å². The van der Waals surface area contributed by atoms with Gasteiger partial charge in [-0.25, -0.2) is 0 Å². The van der Waals surface area contributed by atoms with Gasteiger partial charge in [0.2, 0.25) is 5.91 Å². The van der Waals surface area contributed by atoms with E-state index < -0.39 is 0 Å². The van der Waals surface area contributed by atoms with E-state index in [4.69, 9.17) is 4.74 Å². The lowest BCUT2D eigenvalue weighted by molar-refractivity contribution is -0.135. The van der Waals surface area contributed by atoms with Crippen molar-refractivity contribution in [1.82, 2.24) is 4.90 Å². The molecule has 0 atom stereocenters. The maximum Gasteiger partial charge on any atom is 0.260 e. The topological polar surface area (TPSA) is 78.9 Å². The number of aliphatic hydroxyl groups excluding tert-OH is 1. The first-order chi connectivity index (χ1) is 11.5. The molecule has 1 aromatic rings. The molecule has 1 saturated carbocycles. The molecule has 6 heteroatoms. The van der Waals surface area contributed by atoms with Crippen molar-refractivity contribution in [1.29, 1.82) is 0 Å². The Morgan fingerprint density at radius 3 is 2.71 bits per heavy atom. The van der Waals surface area contributed by atoms with E-state index in [2.05, 4.69) is 5.32 Å². The second-order valence-corrected chi connectivity index (χ2v) is 6.48. The molecule has 2 N–H and O–H groups in total. The van der Waals surface area contributed by atoms with Crippen LogP contribution in [-0.4, -0.2) is 48.6 Å². The molecule has 2 rings (SSSR count). The SMILES string of the molecule is CCC(=O)Nc1cccc(OCC(=O)N(C)CC2(CO)CCC2)c1. The molecular formula is C18H26N2O4. The number of carbonyl (C=O) groups excluding carboxylic acids is 2. The minimum absolute atomic E-state index is 0.0663. The predicted octanol–water partition coefficient (Wildman–Crippen LogP) is 2.03. The molecule has 1 aliphatic carbocycles. The van der Waals surface area contributed by atoms with Gasteiger partial charge in [-0.05, 0) is 25.0 Å². The van der Waals surface area contributed by atoms with Crippen molar-refractivity contribution in [2.45, 2.75) is 32.6 Å². The zero-order valence-corrected chi connectivity index (χ0v) is 14.4. The highest BCUT2D eigenvalue weighted by molar-refractivity contribution is 5.90. The number of benzene rings is 1. The number of ether oxygens (including phenoxy) is 1. The van der Waals surface area contributed by atoms with Gasteiger partial charge in [-0.15, -0.1) is 0 Å². The molecule has 2 amide bonds. The van der Waals surface area contributed by atoms with Crippen LogP contribution in [0.5, 0.6) is 5.75 Å². The summed E-state index contributed by atoms with van der Waals surface area (Å²) in [5, 5.41) is 12.2. The molecule has 6 nitrogen and oxygen atoms in total. The molecule has 0 aromatic heterocycles. The molecule has 0 aliphatic heterocycles. The summed E-state index contributed by atoms with van der Waals surface area (Å²) in [4.78, 5) is 25.2. The van der Waals surface area contributed by atoms with Crippen molar-refractivity contribution >= 4 is 17.5 Å². The molecule has 0 spiro atoms. The van der Waals surface area contributed by atoms with Crippen LogP contribution in [0.15, 0.2) is 24.3 Å². The quantitative estimate of drug-likeness (QED) is 0.762. The minimum Gasteiger partial charge on any atom is -0.484 e. The van der Waals surface area contributed by atoms with Crippen molar-refractivity contribution in [3.63, 3.8) is 0 Å². The molecule has 0 radical (unpaired) electrons. The molecule has 0 heterocycles.